The number of nitrogens with zero attached hydrogens (tertiary/aromatic N) is 4. The largest absolute Gasteiger partial charge is 0.461 e. The molecule has 0 bridgehead atoms. The van der Waals surface area contributed by atoms with Crippen molar-refractivity contribution in [1.82, 2.24) is 14.1 Å². The third kappa shape index (κ3) is 4.40. The summed E-state index contributed by atoms with van der Waals surface area (Å²) in [7, 11) is 0. The van der Waals surface area contributed by atoms with Crippen LogP contribution < -0.4 is 4.80 Å². The molecule has 0 saturated carbocycles. The Labute approximate surface area is 192 Å². The highest BCUT2D eigenvalue weighted by Gasteiger charge is 2.20. The first-order valence-electron chi connectivity index (χ1n) is 9.91. The molecule has 0 N–H and O–H groups in total. The standard InChI is InChI=1S/C23H21BrN4O2S/c1-3-27-15-25-21(20(27)22(29)30-4-2)26-23-28(18-8-6-5-7-9-18)19(14-31-23)16-10-12-17(24)13-11-16/h5-15H,3-4H2,1-2H3. The van der Waals surface area contributed by atoms with E-state index in [9.17, 15) is 4.79 Å². The third-order valence-electron chi connectivity index (χ3n) is 4.69. The molecule has 8 heteroatoms. The lowest BCUT2D eigenvalue weighted by molar-refractivity contribution is 0.0515. The molecule has 4 rings (SSSR count). The molecule has 2 heterocycles. The van der Waals surface area contributed by atoms with Crippen molar-refractivity contribution in [2.24, 2.45) is 4.99 Å². The number of ether oxygens (including phenoxy) is 1. The SMILES string of the molecule is CCOC(=O)c1c(N=c2scc(-c3ccc(Br)cc3)n2-c2ccccc2)ncn1CC. The van der Waals surface area contributed by atoms with Gasteiger partial charge in [0.15, 0.2) is 16.3 Å². The Bertz CT molecular complexity index is 1260. The second-order valence-electron chi connectivity index (χ2n) is 6.62. The van der Waals surface area contributed by atoms with E-state index >= 15 is 0 Å². The minimum atomic E-state index is -0.420. The lowest BCUT2D eigenvalue weighted by Crippen LogP contribution is -2.15. The number of para-hydroxylation sites is 1. The van der Waals surface area contributed by atoms with Crippen molar-refractivity contribution >= 4 is 39.1 Å². The van der Waals surface area contributed by atoms with Crippen molar-refractivity contribution in [2.75, 3.05) is 6.61 Å². The predicted octanol–water partition coefficient (Wildman–Crippen LogP) is 5.59. The number of halogens is 1. The number of hydrogen-bond donors (Lipinski definition) is 0. The van der Waals surface area contributed by atoms with Gasteiger partial charge in [-0.25, -0.2) is 9.78 Å². The number of esters is 1. The minimum Gasteiger partial charge on any atom is -0.461 e. The second-order valence-corrected chi connectivity index (χ2v) is 8.37. The highest BCUT2D eigenvalue weighted by atomic mass is 79.9. The van der Waals surface area contributed by atoms with Crippen LogP contribution in [0.3, 0.4) is 0 Å². The first-order valence-corrected chi connectivity index (χ1v) is 11.6. The molecule has 6 nitrogen and oxygen atoms in total. The predicted molar refractivity (Wildman–Crippen MR) is 126 cm³/mol. The Balaban J connectivity index is 1.93. The monoisotopic (exact) mass is 496 g/mol. The smallest absolute Gasteiger partial charge is 0.358 e. The first kappa shape index (κ1) is 21.3. The van der Waals surface area contributed by atoms with E-state index in [-0.39, 0.29) is 0 Å². The molecule has 0 spiro atoms. The van der Waals surface area contributed by atoms with Crippen molar-refractivity contribution < 1.29 is 9.53 Å². The van der Waals surface area contributed by atoms with Gasteiger partial charge < -0.3 is 9.30 Å². The van der Waals surface area contributed by atoms with Crippen molar-refractivity contribution in [2.45, 2.75) is 20.4 Å². The van der Waals surface area contributed by atoms with Gasteiger partial charge in [-0.05, 0) is 43.7 Å². The summed E-state index contributed by atoms with van der Waals surface area (Å²) in [6.45, 7) is 4.64. The molecule has 0 aliphatic rings. The van der Waals surface area contributed by atoms with Crippen LogP contribution in [0, 0.1) is 0 Å². The molecule has 2 aromatic heterocycles. The molecule has 0 amide bonds. The van der Waals surface area contributed by atoms with Gasteiger partial charge in [-0.2, -0.15) is 4.99 Å². The quantitative estimate of drug-likeness (QED) is 0.326. The van der Waals surface area contributed by atoms with Crippen LogP contribution in [0.15, 0.2) is 75.8 Å². The van der Waals surface area contributed by atoms with Gasteiger partial charge in [0.2, 0.25) is 0 Å². The molecule has 0 aliphatic carbocycles. The van der Waals surface area contributed by atoms with E-state index in [4.69, 9.17) is 9.73 Å². The van der Waals surface area contributed by atoms with Crippen LogP contribution >= 0.6 is 27.3 Å². The summed E-state index contributed by atoms with van der Waals surface area (Å²) in [5, 5.41) is 2.07. The van der Waals surface area contributed by atoms with Crippen LogP contribution in [0.25, 0.3) is 16.9 Å². The van der Waals surface area contributed by atoms with Crippen molar-refractivity contribution in [3.63, 3.8) is 0 Å². The summed E-state index contributed by atoms with van der Waals surface area (Å²) < 4.78 is 10.1. The van der Waals surface area contributed by atoms with Gasteiger partial charge in [0, 0.05) is 22.1 Å². The fourth-order valence-electron chi connectivity index (χ4n) is 3.23. The van der Waals surface area contributed by atoms with Crippen LogP contribution in [0.2, 0.25) is 0 Å². The number of benzene rings is 2. The molecular weight excluding hydrogens is 476 g/mol. The number of aryl methyl sites for hydroxylation is 1. The molecule has 0 saturated heterocycles. The van der Waals surface area contributed by atoms with E-state index in [1.54, 1.807) is 17.8 Å². The zero-order valence-electron chi connectivity index (χ0n) is 17.2. The molecule has 0 unspecified atom stereocenters. The molecule has 0 radical (unpaired) electrons. The average molecular weight is 497 g/mol. The number of hydrogen-bond acceptors (Lipinski definition) is 5. The summed E-state index contributed by atoms with van der Waals surface area (Å²) >= 11 is 5.00. The molecule has 0 aliphatic heterocycles. The maximum absolute atomic E-state index is 12.6. The summed E-state index contributed by atoms with van der Waals surface area (Å²) in [5.41, 5.74) is 3.42. The molecule has 4 aromatic rings. The third-order valence-corrected chi connectivity index (χ3v) is 6.05. The summed E-state index contributed by atoms with van der Waals surface area (Å²) in [6.07, 6.45) is 1.63. The summed E-state index contributed by atoms with van der Waals surface area (Å²) in [6, 6.07) is 18.2. The van der Waals surface area contributed by atoms with Gasteiger partial charge in [-0.15, -0.1) is 11.3 Å². The Hall–Kier alpha value is -2.97. The first-order chi connectivity index (χ1) is 15.1. The van der Waals surface area contributed by atoms with Crippen LogP contribution in [-0.4, -0.2) is 26.7 Å². The summed E-state index contributed by atoms with van der Waals surface area (Å²) in [4.78, 5) is 22.5. The van der Waals surface area contributed by atoms with Gasteiger partial charge in [0.05, 0.1) is 18.6 Å². The average Bonchev–Trinajstić information content (AvgIpc) is 3.39. The van der Waals surface area contributed by atoms with E-state index in [0.29, 0.717) is 24.7 Å². The zero-order valence-corrected chi connectivity index (χ0v) is 19.6. The Morgan fingerprint density at radius 2 is 1.87 bits per heavy atom. The van der Waals surface area contributed by atoms with E-state index in [2.05, 4.69) is 43.0 Å². The Morgan fingerprint density at radius 3 is 2.55 bits per heavy atom. The van der Waals surface area contributed by atoms with Crippen LogP contribution in [0.5, 0.6) is 0 Å². The Kier molecular flexibility index (Phi) is 6.48. The fraction of sp³-hybridized carbons (Fsp3) is 0.174. The fourth-order valence-corrected chi connectivity index (χ4v) is 4.40. The zero-order chi connectivity index (χ0) is 21.8. The Morgan fingerprint density at radius 1 is 1.13 bits per heavy atom. The van der Waals surface area contributed by atoms with E-state index in [1.807, 2.05) is 49.4 Å². The molecular formula is C23H21BrN4O2S. The number of carbonyl (C=O) groups is 1. The maximum Gasteiger partial charge on any atom is 0.358 e. The van der Waals surface area contributed by atoms with Crippen molar-refractivity contribution in [3.8, 4) is 16.9 Å². The maximum atomic E-state index is 12.6. The number of thiazole rings is 1. The van der Waals surface area contributed by atoms with Gasteiger partial charge in [-0.3, -0.25) is 4.57 Å². The number of aromatic nitrogens is 3. The van der Waals surface area contributed by atoms with Crippen molar-refractivity contribution in [3.05, 3.63) is 81.3 Å². The lowest BCUT2D eigenvalue weighted by atomic mass is 10.1. The van der Waals surface area contributed by atoms with Crippen LogP contribution in [-0.2, 0) is 11.3 Å². The summed E-state index contributed by atoms with van der Waals surface area (Å²) in [5.74, 6) is -0.0641. The van der Waals surface area contributed by atoms with Crippen LogP contribution in [0.4, 0.5) is 5.82 Å². The number of rotatable bonds is 6. The minimum absolute atomic E-state index is 0.296. The normalized spacial score (nSPS) is 11.6. The van der Waals surface area contributed by atoms with Gasteiger partial charge in [-0.1, -0.05) is 46.3 Å². The molecule has 31 heavy (non-hydrogen) atoms. The van der Waals surface area contributed by atoms with E-state index < -0.39 is 5.97 Å². The number of imidazole rings is 1. The van der Waals surface area contributed by atoms with E-state index in [0.717, 1.165) is 26.2 Å². The number of carbonyl (C=O) groups excluding carboxylic acids is 1. The highest BCUT2D eigenvalue weighted by molar-refractivity contribution is 9.10. The molecule has 0 fully saturated rings. The van der Waals surface area contributed by atoms with E-state index in [1.165, 1.54) is 11.3 Å². The van der Waals surface area contributed by atoms with Gasteiger partial charge >= 0.3 is 5.97 Å². The molecule has 2 aromatic carbocycles. The molecule has 158 valence electrons. The molecule has 0 atom stereocenters. The van der Waals surface area contributed by atoms with Crippen molar-refractivity contribution in [1.29, 1.82) is 0 Å². The second kappa shape index (κ2) is 9.45. The van der Waals surface area contributed by atoms with Crippen LogP contribution in [0.1, 0.15) is 24.3 Å². The van der Waals surface area contributed by atoms with Gasteiger partial charge in [0.25, 0.3) is 0 Å². The highest BCUT2D eigenvalue weighted by Crippen LogP contribution is 2.26. The lowest BCUT2D eigenvalue weighted by Gasteiger charge is -2.09. The van der Waals surface area contributed by atoms with Gasteiger partial charge in [0.1, 0.15) is 0 Å². The topological polar surface area (TPSA) is 61.4 Å².